The molecule has 4 nitrogen and oxygen atoms in total. The summed E-state index contributed by atoms with van der Waals surface area (Å²) in [6.07, 6.45) is -1.13. The topological polar surface area (TPSA) is 64.4 Å². The molecule has 0 aliphatic carbocycles. The number of rotatable bonds is 4. The maximum atomic E-state index is 13.1. The summed E-state index contributed by atoms with van der Waals surface area (Å²) in [5, 5.41) is 1.92. The fourth-order valence-corrected chi connectivity index (χ4v) is 1.09. The third kappa shape index (κ3) is 2.79. The van der Waals surface area contributed by atoms with Crippen LogP contribution in [0.1, 0.15) is 0 Å². The monoisotopic (exact) mass is 270 g/mol. The predicted molar refractivity (Wildman–Crippen MR) is 50.3 cm³/mol. The average molecular weight is 270 g/mol. The Morgan fingerprint density at radius 2 is 1.44 bits per heavy atom. The molecule has 0 bridgehead atoms. The van der Waals surface area contributed by atoms with Crippen molar-refractivity contribution in [2.45, 2.75) is 0 Å². The number of primary amides is 1. The summed E-state index contributed by atoms with van der Waals surface area (Å²) in [4.78, 5) is 10.2. The smallest absolute Gasteiger partial charge is 0.404 e. The summed E-state index contributed by atoms with van der Waals surface area (Å²) in [7, 11) is 0. The standard InChI is InChI=1S/C9H7F5N2O2/c10-3-4(11)6(13)8(7(14)5(3)12)16-1-2-18-9(15)17/h16H,1-2H2,(H2,15,17). The molecule has 1 aromatic carbocycles. The SMILES string of the molecule is NC(=O)OCCNc1c(F)c(F)c(F)c(F)c1F. The van der Waals surface area contributed by atoms with Crippen LogP contribution in [-0.4, -0.2) is 19.2 Å². The van der Waals surface area contributed by atoms with Crippen molar-refractivity contribution in [3.63, 3.8) is 0 Å². The van der Waals surface area contributed by atoms with Crippen LogP contribution in [0.3, 0.4) is 0 Å². The molecule has 100 valence electrons. The first-order chi connectivity index (χ1) is 8.36. The number of nitrogens with two attached hydrogens (primary N) is 1. The van der Waals surface area contributed by atoms with E-state index in [9.17, 15) is 26.7 Å². The van der Waals surface area contributed by atoms with Crippen LogP contribution in [0.15, 0.2) is 0 Å². The number of halogens is 5. The molecule has 0 saturated carbocycles. The molecule has 1 amide bonds. The average Bonchev–Trinajstić information content (AvgIpc) is 2.32. The van der Waals surface area contributed by atoms with Crippen LogP contribution >= 0.6 is 0 Å². The summed E-state index contributed by atoms with van der Waals surface area (Å²) < 4.78 is 68.5. The van der Waals surface area contributed by atoms with E-state index >= 15 is 0 Å². The van der Waals surface area contributed by atoms with E-state index in [1.54, 1.807) is 0 Å². The zero-order chi connectivity index (χ0) is 13.9. The molecule has 0 aliphatic rings. The van der Waals surface area contributed by atoms with Crippen molar-refractivity contribution in [3.05, 3.63) is 29.1 Å². The van der Waals surface area contributed by atoms with Gasteiger partial charge in [-0.05, 0) is 0 Å². The molecule has 0 unspecified atom stereocenters. The third-order valence-corrected chi connectivity index (χ3v) is 1.86. The van der Waals surface area contributed by atoms with Crippen LogP contribution in [-0.2, 0) is 4.74 Å². The van der Waals surface area contributed by atoms with Gasteiger partial charge in [0.15, 0.2) is 23.3 Å². The first-order valence-corrected chi connectivity index (χ1v) is 4.53. The molecule has 0 heterocycles. The number of hydrogen-bond acceptors (Lipinski definition) is 3. The van der Waals surface area contributed by atoms with Gasteiger partial charge in [-0.25, -0.2) is 26.7 Å². The molecule has 0 aromatic heterocycles. The molecule has 0 saturated heterocycles. The Morgan fingerprint density at radius 1 is 1.00 bits per heavy atom. The summed E-state index contributed by atoms with van der Waals surface area (Å²) in [5.74, 6) is -10.4. The van der Waals surface area contributed by atoms with Crippen molar-refractivity contribution >= 4 is 11.8 Å². The normalized spacial score (nSPS) is 10.3. The molecule has 1 rings (SSSR count). The van der Waals surface area contributed by atoms with E-state index in [-0.39, 0.29) is 6.54 Å². The minimum absolute atomic E-state index is 0.374. The predicted octanol–water partition coefficient (Wildman–Crippen LogP) is 1.89. The highest BCUT2D eigenvalue weighted by molar-refractivity contribution is 5.64. The molecule has 0 radical (unpaired) electrons. The van der Waals surface area contributed by atoms with Gasteiger partial charge >= 0.3 is 6.09 Å². The van der Waals surface area contributed by atoms with Gasteiger partial charge in [-0.2, -0.15) is 0 Å². The number of hydrogen-bond donors (Lipinski definition) is 2. The highest BCUT2D eigenvalue weighted by atomic mass is 19.2. The quantitative estimate of drug-likeness (QED) is 0.380. The van der Waals surface area contributed by atoms with Gasteiger partial charge in [0.05, 0.1) is 0 Å². The summed E-state index contributed by atoms with van der Waals surface area (Å²) in [6.45, 7) is -0.768. The van der Waals surface area contributed by atoms with Crippen molar-refractivity contribution in [2.24, 2.45) is 5.73 Å². The minimum atomic E-state index is -2.25. The number of nitrogens with one attached hydrogen (secondary N) is 1. The Hall–Kier alpha value is -2.06. The van der Waals surface area contributed by atoms with Gasteiger partial charge in [-0.15, -0.1) is 0 Å². The molecule has 0 atom stereocenters. The second-order valence-electron chi connectivity index (χ2n) is 3.04. The van der Waals surface area contributed by atoms with Crippen molar-refractivity contribution in [1.82, 2.24) is 0 Å². The Balaban J connectivity index is 2.86. The maximum Gasteiger partial charge on any atom is 0.404 e. The van der Waals surface area contributed by atoms with E-state index in [2.05, 4.69) is 10.5 Å². The van der Waals surface area contributed by atoms with E-state index in [0.717, 1.165) is 0 Å². The van der Waals surface area contributed by atoms with E-state index in [1.807, 2.05) is 5.32 Å². The van der Waals surface area contributed by atoms with Gasteiger partial charge in [-0.1, -0.05) is 0 Å². The van der Waals surface area contributed by atoms with Crippen molar-refractivity contribution in [1.29, 1.82) is 0 Å². The van der Waals surface area contributed by atoms with Crippen LogP contribution in [0.25, 0.3) is 0 Å². The lowest BCUT2D eigenvalue weighted by Crippen LogP contribution is -2.19. The third-order valence-electron chi connectivity index (χ3n) is 1.86. The van der Waals surface area contributed by atoms with Crippen LogP contribution in [0.4, 0.5) is 32.4 Å². The van der Waals surface area contributed by atoms with Crippen molar-refractivity contribution in [2.75, 3.05) is 18.5 Å². The highest BCUT2D eigenvalue weighted by Gasteiger charge is 2.25. The Labute approximate surface area is 97.5 Å². The Kier molecular flexibility index (Phi) is 4.29. The largest absolute Gasteiger partial charge is 0.448 e. The van der Waals surface area contributed by atoms with E-state index in [4.69, 9.17) is 0 Å². The fourth-order valence-electron chi connectivity index (χ4n) is 1.09. The molecule has 3 N–H and O–H groups in total. The number of amides is 1. The second-order valence-corrected chi connectivity index (χ2v) is 3.04. The zero-order valence-electron chi connectivity index (χ0n) is 8.70. The number of carbonyl (C=O) groups excluding carboxylic acids is 1. The molecule has 1 aromatic rings. The van der Waals surface area contributed by atoms with Crippen LogP contribution < -0.4 is 11.1 Å². The molecule has 0 spiro atoms. The summed E-state index contributed by atoms with van der Waals surface area (Å²) in [6, 6.07) is 0. The van der Waals surface area contributed by atoms with Gasteiger partial charge in [0.25, 0.3) is 0 Å². The lowest BCUT2D eigenvalue weighted by Gasteiger charge is -2.10. The maximum absolute atomic E-state index is 13.1. The van der Waals surface area contributed by atoms with Gasteiger partial charge in [0, 0.05) is 6.54 Å². The van der Waals surface area contributed by atoms with Gasteiger partial charge in [0.2, 0.25) is 5.82 Å². The van der Waals surface area contributed by atoms with Crippen molar-refractivity contribution in [3.8, 4) is 0 Å². The Bertz CT molecular complexity index is 452. The fraction of sp³-hybridized carbons (Fsp3) is 0.222. The number of anilines is 1. The molecule has 0 fully saturated rings. The lowest BCUT2D eigenvalue weighted by molar-refractivity contribution is 0.161. The van der Waals surface area contributed by atoms with Gasteiger partial charge in [-0.3, -0.25) is 0 Å². The van der Waals surface area contributed by atoms with Crippen LogP contribution in [0.5, 0.6) is 0 Å². The first kappa shape index (κ1) is 14.0. The van der Waals surface area contributed by atoms with E-state index in [0.29, 0.717) is 0 Å². The van der Waals surface area contributed by atoms with E-state index < -0.39 is 47.5 Å². The van der Waals surface area contributed by atoms with Crippen LogP contribution in [0.2, 0.25) is 0 Å². The number of ether oxygens (including phenoxy) is 1. The van der Waals surface area contributed by atoms with Gasteiger partial charge < -0.3 is 15.8 Å². The number of benzene rings is 1. The lowest BCUT2D eigenvalue weighted by atomic mass is 10.2. The molecular formula is C9H7F5N2O2. The van der Waals surface area contributed by atoms with Crippen molar-refractivity contribution < 1.29 is 31.5 Å². The first-order valence-electron chi connectivity index (χ1n) is 4.53. The zero-order valence-corrected chi connectivity index (χ0v) is 8.70. The molecule has 9 heteroatoms. The second kappa shape index (κ2) is 5.52. The number of carbonyl (C=O) groups is 1. The van der Waals surface area contributed by atoms with Crippen LogP contribution in [0, 0.1) is 29.1 Å². The molecule has 18 heavy (non-hydrogen) atoms. The summed E-state index contributed by atoms with van der Waals surface area (Å²) in [5.41, 5.74) is 3.40. The van der Waals surface area contributed by atoms with Gasteiger partial charge in [0.1, 0.15) is 12.3 Å². The Morgan fingerprint density at radius 3 is 1.89 bits per heavy atom. The molecule has 0 aliphatic heterocycles. The van der Waals surface area contributed by atoms with E-state index in [1.165, 1.54) is 0 Å². The molecular weight excluding hydrogens is 263 g/mol. The minimum Gasteiger partial charge on any atom is -0.448 e. The highest BCUT2D eigenvalue weighted by Crippen LogP contribution is 2.26. The summed E-state index contributed by atoms with van der Waals surface area (Å²) >= 11 is 0.